The molecule has 0 aromatic heterocycles. The zero-order valence-corrected chi connectivity index (χ0v) is 22.6. The Balaban J connectivity index is 2.00. The highest BCUT2D eigenvalue weighted by Gasteiger charge is 2.52. The average Bonchev–Trinajstić information content (AvgIpc) is 3.25. The molecule has 3 aromatic rings. The molecule has 0 atom stereocenters. The molecular weight excluding hydrogens is 420 g/mol. The van der Waals surface area contributed by atoms with Gasteiger partial charge in [-0.1, -0.05) is 127 Å². The van der Waals surface area contributed by atoms with Crippen LogP contribution in [0.4, 0.5) is 0 Å². The summed E-state index contributed by atoms with van der Waals surface area (Å²) >= 11 is 0. The molecule has 0 bridgehead atoms. The highest BCUT2D eigenvalue weighted by molar-refractivity contribution is 5.98. The first kappa shape index (κ1) is 23.6. The van der Waals surface area contributed by atoms with Crippen LogP contribution in [0.5, 0.6) is 0 Å². The fourth-order valence-electron chi connectivity index (χ4n) is 6.10. The third-order valence-corrected chi connectivity index (χ3v) is 7.85. The Morgan fingerprint density at radius 2 is 1.09 bits per heavy atom. The Morgan fingerprint density at radius 3 is 1.57 bits per heavy atom. The van der Waals surface area contributed by atoms with Gasteiger partial charge in [-0.15, -0.1) is 0 Å². The van der Waals surface area contributed by atoms with Crippen molar-refractivity contribution in [1.29, 1.82) is 0 Å². The molecule has 0 amide bonds. The number of allylic oxidation sites excluding steroid dienone is 6. The highest BCUT2D eigenvalue weighted by atomic mass is 14.5. The normalized spacial score (nSPS) is 16.5. The summed E-state index contributed by atoms with van der Waals surface area (Å²) in [7, 11) is 0. The Morgan fingerprint density at radius 1 is 0.571 bits per heavy atom. The van der Waals surface area contributed by atoms with E-state index < -0.39 is 0 Å². The first-order valence-corrected chi connectivity index (χ1v) is 13.0. The average molecular weight is 459 g/mol. The third kappa shape index (κ3) is 3.33. The lowest BCUT2D eigenvalue weighted by Gasteiger charge is -2.33. The Labute approximate surface area is 212 Å². The number of fused-ring (bicyclic) bond motifs is 7. The summed E-state index contributed by atoms with van der Waals surface area (Å²) in [5.74, 6) is 0. The largest absolute Gasteiger partial charge is 0.0873 e. The summed E-state index contributed by atoms with van der Waals surface area (Å²) in [6.45, 7) is 18.2. The molecule has 0 nitrogen and oxygen atoms in total. The SMILES string of the molecule is C/C=C\C1=C(/C=C/C)c2ccccc2C12c1cc(C(C)(C)C)ccc1-c1ccc(C(C)(C)C)cc12. The maximum Gasteiger partial charge on any atom is 0.0725 e. The second-order valence-electron chi connectivity index (χ2n) is 12.1. The van der Waals surface area contributed by atoms with Gasteiger partial charge in [-0.2, -0.15) is 0 Å². The molecule has 0 aliphatic heterocycles. The molecule has 2 aliphatic rings. The monoisotopic (exact) mass is 458 g/mol. The van der Waals surface area contributed by atoms with E-state index in [1.54, 1.807) is 0 Å². The molecule has 3 aromatic carbocycles. The van der Waals surface area contributed by atoms with Crippen LogP contribution >= 0.6 is 0 Å². The van der Waals surface area contributed by atoms with E-state index >= 15 is 0 Å². The van der Waals surface area contributed by atoms with E-state index in [2.05, 4.69) is 140 Å². The van der Waals surface area contributed by atoms with Gasteiger partial charge in [0.15, 0.2) is 0 Å². The predicted octanol–water partition coefficient (Wildman–Crippen LogP) is 9.52. The molecule has 0 N–H and O–H groups in total. The number of benzene rings is 3. The predicted molar refractivity (Wildman–Crippen MR) is 152 cm³/mol. The van der Waals surface area contributed by atoms with E-state index in [4.69, 9.17) is 0 Å². The lowest BCUT2D eigenvalue weighted by atomic mass is 9.68. The lowest BCUT2D eigenvalue weighted by Crippen LogP contribution is -2.28. The molecule has 0 fully saturated rings. The van der Waals surface area contributed by atoms with E-state index in [-0.39, 0.29) is 16.2 Å². The summed E-state index contributed by atoms with van der Waals surface area (Å²) in [6, 6.07) is 23.5. The van der Waals surface area contributed by atoms with Crippen LogP contribution in [0.3, 0.4) is 0 Å². The molecule has 0 unspecified atom stereocenters. The second kappa shape index (κ2) is 7.95. The fourth-order valence-corrected chi connectivity index (χ4v) is 6.10. The Bertz CT molecular complexity index is 1340. The van der Waals surface area contributed by atoms with Crippen molar-refractivity contribution in [2.45, 2.75) is 71.6 Å². The zero-order valence-electron chi connectivity index (χ0n) is 22.6. The molecule has 0 saturated heterocycles. The van der Waals surface area contributed by atoms with Crippen LogP contribution in [0.1, 0.15) is 88.8 Å². The van der Waals surface area contributed by atoms with E-state index in [1.807, 2.05) is 0 Å². The smallest absolute Gasteiger partial charge is 0.0725 e. The van der Waals surface area contributed by atoms with E-state index in [0.29, 0.717) is 0 Å². The molecule has 35 heavy (non-hydrogen) atoms. The fraction of sp³-hybridized carbons (Fsp3) is 0.314. The van der Waals surface area contributed by atoms with Crippen LogP contribution in [0, 0.1) is 0 Å². The summed E-state index contributed by atoms with van der Waals surface area (Å²) < 4.78 is 0. The molecule has 5 rings (SSSR count). The topological polar surface area (TPSA) is 0 Å². The van der Waals surface area contributed by atoms with Crippen molar-refractivity contribution in [3.8, 4) is 11.1 Å². The number of hydrogen-bond acceptors (Lipinski definition) is 0. The number of rotatable bonds is 2. The molecule has 0 heterocycles. The van der Waals surface area contributed by atoms with Crippen LogP contribution in [0.25, 0.3) is 16.7 Å². The first-order chi connectivity index (χ1) is 16.5. The van der Waals surface area contributed by atoms with Crippen LogP contribution in [0.2, 0.25) is 0 Å². The van der Waals surface area contributed by atoms with Gasteiger partial charge in [0.05, 0.1) is 5.41 Å². The van der Waals surface area contributed by atoms with Crippen LogP contribution in [-0.4, -0.2) is 0 Å². The molecule has 178 valence electrons. The quantitative estimate of drug-likeness (QED) is 0.359. The molecule has 0 heteroatoms. The van der Waals surface area contributed by atoms with Crippen molar-refractivity contribution in [2.24, 2.45) is 0 Å². The van der Waals surface area contributed by atoms with E-state index in [1.165, 1.54) is 55.7 Å². The van der Waals surface area contributed by atoms with Crippen molar-refractivity contribution >= 4 is 5.57 Å². The molecule has 2 aliphatic carbocycles. The maximum atomic E-state index is 2.50. The van der Waals surface area contributed by atoms with Crippen LogP contribution in [-0.2, 0) is 16.2 Å². The third-order valence-electron chi connectivity index (χ3n) is 7.85. The summed E-state index contributed by atoms with van der Waals surface area (Å²) in [5, 5.41) is 0. The van der Waals surface area contributed by atoms with E-state index in [0.717, 1.165) is 0 Å². The molecular formula is C35H38. The van der Waals surface area contributed by atoms with Crippen LogP contribution in [0.15, 0.2) is 90.5 Å². The minimum Gasteiger partial charge on any atom is -0.0873 e. The van der Waals surface area contributed by atoms with Gasteiger partial charge in [0.1, 0.15) is 0 Å². The van der Waals surface area contributed by atoms with Crippen molar-refractivity contribution in [2.75, 3.05) is 0 Å². The lowest BCUT2D eigenvalue weighted by molar-refractivity contribution is 0.586. The molecule has 1 spiro atoms. The molecule has 0 saturated carbocycles. The summed E-state index contributed by atoms with van der Waals surface area (Å²) in [4.78, 5) is 0. The summed E-state index contributed by atoms with van der Waals surface area (Å²) in [6.07, 6.45) is 9.07. The van der Waals surface area contributed by atoms with Crippen LogP contribution < -0.4 is 0 Å². The van der Waals surface area contributed by atoms with Crippen molar-refractivity contribution in [3.63, 3.8) is 0 Å². The van der Waals surface area contributed by atoms with Gasteiger partial charge >= 0.3 is 0 Å². The maximum absolute atomic E-state index is 2.50. The van der Waals surface area contributed by atoms with Crippen molar-refractivity contribution < 1.29 is 0 Å². The zero-order chi connectivity index (χ0) is 25.2. The molecule has 0 radical (unpaired) electrons. The van der Waals surface area contributed by atoms with Gasteiger partial charge in [-0.3, -0.25) is 0 Å². The highest BCUT2D eigenvalue weighted by Crippen LogP contribution is 2.63. The van der Waals surface area contributed by atoms with Gasteiger partial charge in [0.2, 0.25) is 0 Å². The van der Waals surface area contributed by atoms with Crippen molar-refractivity contribution in [3.05, 3.63) is 124 Å². The van der Waals surface area contributed by atoms with Crippen molar-refractivity contribution in [1.82, 2.24) is 0 Å². The minimum atomic E-state index is -0.314. The number of hydrogen-bond donors (Lipinski definition) is 0. The summed E-state index contributed by atoms with van der Waals surface area (Å²) in [5.41, 5.74) is 13.7. The van der Waals surface area contributed by atoms with Gasteiger partial charge in [0, 0.05) is 0 Å². The first-order valence-electron chi connectivity index (χ1n) is 13.0. The standard InChI is InChI=1S/C35H38/c1-9-13-25-26-15-11-12-16-30(26)35(29(25)14-10-2)31-21-23(33(3,4)5)17-19-27(31)28-20-18-24(22-32(28)35)34(6,7)8/h9-22H,1-8H3/b13-9+,14-10-. The minimum absolute atomic E-state index is 0.0797. The van der Waals surface area contributed by atoms with Gasteiger partial charge in [0.25, 0.3) is 0 Å². The van der Waals surface area contributed by atoms with E-state index in [9.17, 15) is 0 Å². The van der Waals surface area contributed by atoms with Gasteiger partial charge < -0.3 is 0 Å². The van der Waals surface area contributed by atoms with Gasteiger partial charge in [-0.05, 0) is 80.3 Å². The second-order valence-corrected chi connectivity index (χ2v) is 12.1. The Hall–Kier alpha value is -3.12. The Kier molecular flexibility index (Phi) is 5.37. The van der Waals surface area contributed by atoms with Gasteiger partial charge in [-0.25, -0.2) is 0 Å².